The van der Waals surface area contributed by atoms with Crippen LogP contribution in [0.4, 0.5) is 0 Å². The van der Waals surface area contributed by atoms with Crippen LogP contribution in [0.3, 0.4) is 0 Å². The van der Waals surface area contributed by atoms with Crippen molar-refractivity contribution in [2.24, 2.45) is 11.8 Å². The lowest BCUT2D eigenvalue weighted by Crippen LogP contribution is -2.36. The van der Waals surface area contributed by atoms with Crippen LogP contribution in [0.15, 0.2) is 0 Å². The number of nitrogens with two attached hydrogens (primary N) is 1. The van der Waals surface area contributed by atoms with Crippen LogP contribution in [-0.2, 0) is 4.74 Å². The second kappa shape index (κ2) is 3.91. The first kappa shape index (κ1) is 7.98. The van der Waals surface area contributed by atoms with E-state index < -0.39 is 0 Å². The minimum Gasteiger partial charge on any atom is -0.380 e. The van der Waals surface area contributed by atoms with Gasteiger partial charge in [0.05, 0.1) is 6.61 Å². The molecule has 1 unspecified atom stereocenters. The second-order valence-electron chi connectivity index (χ2n) is 3.05. The molecule has 3 nitrogen and oxygen atoms in total. The number of hydrogen-bond acceptors (Lipinski definition) is 3. The molecule has 0 amide bonds. The predicted molar refractivity (Wildman–Crippen MR) is 40.3 cm³/mol. The first-order chi connectivity index (χ1) is 4.83. The Bertz CT molecular complexity index is 93.6. The molecule has 1 rings (SSSR count). The molecule has 1 saturated carbocycles. The molecule has 1 aliphatic rings. The average molecular weight is 144 g/mol. The van der Waals surface area contributed by atoms with Gasteiger partial charge in [-0.15, -0.1) is 0 Å². The Kier molecular flexibility index (Phi) is 3.12. The lowest BCUT2D eigenvalue weighted by atomic mass is 10.4. The van der Waals surface area contributed by atoms with Crippen LogP contribution in [0.25, 0.3) is 0 Å². The zero-order chi connectivity index (χ0) is 7.40. The van der Waals surface area contributed by atoms with E-state index in [1.807, 2.05) is 6.92 Å². The number of hydrogen-bond donors (Lipinski definition) is 2. The maximum absolute atomic E-state index is 5.37. The van der Waals surface area contributed by atoms with Gasteiger partial charge in [0, 0.05) is 12.6 Å². The second-order valence-corrected chi connectivity index (χ2v) is 3.05. The average Bonchev–Trinajstić information content (AvgIpc) is 2.71. The molecule has 0 saturated heterocycles. The number of nitrogens with one attached hydrogen (secondary N) is 1. The van der Waals surface area contributed by atoms with Crippen molar-refractivity contribution in [1.82, 2.24) is 5.43 Å². The molecule has 0 bridgehead atoms. The SMILES string of the molecule is CC(COCC1CC1)NN. The van der Waals surface area contributed by atoms with Crippen LogP contribution >= 0.6 is 0 Å². The molecule has 0 aromatic heterocycles. The largest absolute Gasteiger partial charge is 0.380 e. The van der Waals surface area contributed by atoms with Crippen molar-refractivity contribution in [3.05, 3.63) is 0 Å². The van der Waals surface area contributed by atoms with Crippen molar-refractivity contribution in [2.75, 3.05) is 13.2 Å². The van der Waals surface area contributed by atoms with Gasteiger partial charge in [0.25, 0.3) is 0 Å². The summed E-state index contributed by atoms with van der Waals surface area (Å²) >= 11 is 0. The summed E-state index contributed by atoms with van der Waals surface area (Å²) in [6, 6.07) is 0.277. The van der Waals surface area contributed by atoms with Gasteiger partial charge in [0.15, 0.2) is 0 Å². The lowest BCUT2D eigenvalue weighted by Gasteiger charge is -2.09. The van der Waals surface area contributed by atoms with E-state index in [4.69, 9.17) is 10.6 Å². The van der Waals surface area contributed by atoms with Gasteiger partial charge in [-0.2, -0.15) is 0 Å². The molecule has 1 aliphatic carbocycles. The topological polar surface area (TPSA) is 47.3 Å². The fourth-order valence-electron chi connectivity index (χ4n) is 0.744. The van der Waals surface area contributed by atoms with Gasteiger partial charge in [-0.1, -0.05) is 0 Å². The maximum atomic E-state index is 5.37. The summed E-state index contributed by atoms with van der Waals surface area (Å²) in [7, 11) is 0. The van der Waals surface area contributed by atoms with Crippen LogP contribution < -0.4 is 11.3 Å². The van der Waals surface area contributed by atoms with Crippen LogP contribution in [0, 0.1) is 5.92 Å². The number of rotatable bonds is 5. The molecule has 0 aliphatic heterocycles. The molecule has 0 aromatic carbocycles. The van der Waals surface area contributed by atoms with E-state index >= 15 is 0 Å². The van der Waals surface area contributed by atoms with Crippen molar-refractivity contribution < 1.29 is 4.74 Å². The van der Waals surface area contributed by atoms with Crippen molar-refractivity contribution >= 4 is 0 Å². The summed E-state index contributed by atoms with van der Waals surface area (Å²) < 4.78 is 5.37. The molecule has 3 heteroatoms. The van der Waals surface area contributed by atoms with E-state index in [1.54, 1.807) is 0 Å². The summed E-state index contributed by atoms with van der Waals surface area (Å²) in [5.74, 6) is 6.03. The van der Waals surface area contributed by atoms with Gasteiger partial charge in [-0.25, -0.2) is 0 Å². The lowest BCUT2D eigenvalue weighted by molar-refractivity contribution is 0.107. The zero-order valence-corrected chi connectivity index (χ0v) is 6.47. The van der Waals surface area contributed by atoms with Crippen molar-refractivity contribution in [1.29, 1.82) is 0 Å². The minimum absolute atomic E-state index is 0.277. The van der Waals surface area contributed by atoms with Crippen molar-refractivity contribution in [3.63, 3.8) is 0 Å². The third-order valence-corrected chi connectivity index (χ3v) is 1.70. The highest BCUT2D eigenvalue weighted by Crippen LogP contribution is 2.28. The highest BCUT2D eigenvalue weighted by Gasteiger charge is 2.21. The Balaban J connectivity index is 1.83. The molecule has 0 heterocycles. The molecule has 0 spiro atoms. The summed E-state index contributed by atoms with van der Waals surface area (Å²) in [5.41, 5.74) is 2.63. The molecule has 3 N–H and O–H groups in total. The normalized spacial score (nSPS) is 21.0. The van der Waals surface area contributed by atoms with Gasteiger partial charge in [-0.3, -0.25) is 11.3 Å². The van der Waals surface area contributed by atoms with Crippen LogP contribution in [0.2, 0.25) is 0 Å². The van der Waals surface area contributed by atoms with Gasteiger partial charge in [0.2, 0.25) is 0 Å². The Morgan fingerprint density at radius 3 is 2.90 bits per heavy atom. The van der Waals surface area contributed by atoms with E-state index in [9.17, 15) is 0 Å². The minimum atomic E-state index is 0.277. The third kappa shape index (κ3) is 3.15. The van der Waals surface area contributed by atoms with Gasteiger partial charge in [0.1, 0.15) is 0 Å². The Hall–Kier alpha value is -0.120. The molecule has 10 heavy (non-hydrogen) atoms. The summed E-state index contributed by atoms with van der Waals surface area (Å²) in [4.78, 5) is 0. The fourth-order valence-corrected chi connectivity index (χ4v) is 0.744. The van der Waals surface area contributed by atoms with E-state index in [1.165, 1.54) is 12.8 Å². The van der Waals surface area contributed by atoms with E-state index in [2.05, 4.69) is 5.43 Å². The molecular weight excluding hydrogens is 128 g/mol. The molecular formula is C7H16N2O. The van der Waals surface area contributed by atoms with E-state index in [0.29, 0.717) is 0 Å². The standard InChI is InChI=1S/C7H16N2O/c1-6(9-8)4-10-5-7-2-3-7/h6-7,9H,2-5,8H2,1H3. The molecule has 60 valence electrons. The first-order valence-corrected chi connectivity index (χ1v) is 3.87. The molecule has 1 fully saturated rings. The van der Waals surface area contributed by atoms with Crippen LogP contribution in [0.5, 0.6) is 0 Å². The Morgan fingerprint density at radius 1 is 1.70 bits per heavy atom. The fraction of sp³-hybridized carbons (Fsp3) is 1.00. The van der Waals surface area contributed by atoms with Crippen molar-refractivity contribution in [3.8, 4) is 0 Å². The monoisotopic (exact) mass is 144 g/mol. The summed E-state index contributed by atoms with van der Waals surface area (Å²) in [6.45, 7) is 3.66. The molecule has 0 radical (unpaired) electrons. The highest BCUT2D eigenvalue weighted by atomic mass is 16.5. The highest BCUT2D eigenvalue weighted by molar-refractivity contribution is 4.72. The summed E-state index contributed by atoms with van der Waals surface area (Å²) in [6.07, 6.45) is 2.70. The molecule has 0 aromatic rings. The predicted octanol–water partition coefficient (Wildman–Crippen LogP) is 0.265. The van der Waals surface area contributed by atoms with E-state index in [-0.39, 0.29) is 6.04 Å². The zero-order valence-electron chi connectivity index (χ0n) is 6.47. The Morgan fingerprint density at radius 2 is 2.40 bits per heavy atom. The quantitative estimate of drug-likeness (QED) is 0.430. The van der Waals surface area contributed by atoms with Gasteiger partial charge >= 0.3 is 0 Å². The van der Waals surface area contributed by atoms with Crippen LogP contribution in [-0.4, -0.2) is 19.3 Å². The smallest absolute Gasteiger partial charge is 0.0630 e. The van der Waals surface area contributed by atoms with Crippen LogP contribution in [0.1, 0.15) is 19.8 Å². The number of hydrazine groups is 1. The van der Waals surface area contributed by atoms with Crippen molar-refractivity contribution in [2.45, 2.75) is 25.8 Å². The third-order valence-electron chi connectivity index (χ3n) is 1.70. The Labute approximate surface area is 61.9 Å². The first-order valence-electron chi connectivity index (χ1n) is 3.87. The van der Waals surface area contributed by atoms with Gasteiger partial charge in [-0.05, 0) is 25.7 Å². The number of ether oxygens (including phenoxy) is 1. The maximum Gasteiger partial charge on any atom is 0.0630 e. The van der Waals surface area contributed by atoms with Gasteiger partial charge < -0.3 is 4.74 Å². The summed E-state index contributed by atoms with van der Waals surface area (Å²) in [5, 5.41) is 0. The molecule has 1 atom stereocenters. The van der Waals surface area contributed by atoms with E-state index in [0.717, 1.165) is 19.1 Å².